The van der Waals surface area contributed by atoms with Crippen molar-refractivity contribution >= 4 is 30.1 Å². The van der Waals surface area contributed by atoms with E-state index in [1.165, 1.54) is 11.8 Å². The summed E-state index contributed by atoms with van der Waals surface area (Å²) in [6, 6.07) is 7.58. The fraction of sp³-hybridized carbons (Fsp3) is 0.400. The van der Waals surface area contributed by atoms with E-state index < -0.39 is 0 Å². The zero-order valence-corrected chi connectivity index (χ0v) is 14.4. The van der Waals surface area contributed by atoms with Crippen LogP contribution >= 0.6 is 24.2 Å². The van der Waals surface area contributed by atoms with Crippen molar-refractivity contribution < 1.29 is 9.32 Å². The number of nitrogens with zero attached hydrogens (tertiary/aromatic N) is 2. The number of halogens is 1. The number of thioether (sulfide) groups is 1. The van der Waals surface area contributed by atoms with Gasteiger partial charge in [0.15, 0.2) is 5.82 Å². The van der Waals surface area contributed by atoms with E-state index in [1.54, 1.807) is 6.92 Å². The SMILES string of the molecule is Cc1noc(CSc2ccccc2C(=O)NCC2CNC2)n1.Cl. The van der Waals surface area contributed by atoms with E-state index in [-0.39, 0.29) is 18.3 Å². The number of hydrogen-bond acceptors (Lipinski definition) is 6. The average Bonchev–Trinajstić information content (AvgIpc) is 2.89. The quantitative estimate of drug-likeness (QED) is 0.773. The highest BCUT2D eigenvalue weighted by atomic mass is 35.5. The van der Waals surface area contributed by atoms with Crippen molar-refractivity contribution in [2.75, 3.05) is 19.6 Å². The molecule has 1 saturated heterocycles. The zero-order chi connectivity index (χ0) is 15.4. The maximum atomic E-state index is 12.3. The molecule has 2 aromatic rings. The Morgan fingerprint density at radius 1 is 1.43 bits per heavy atom. The maximum Gasteiger partial charge on any atom is 0.252 e. The van der Waals surface area contributed by atoms with Crippen molar-refractivity contribution in [1.82, 2.24) is 20.8 Å². The molecule has 0 spiro atoms. The monoisotopic (exact) mass is 354 g/mol. The Bertz CT molecular complexity index is 660. The van der Waals surface area contributed by atoms with Crippen LogP contribution in [-0.2, 0) is 5.75 Å². The van der Waals surface area contributed by atoms with E-state index in [2.05, 4.69) is 20.8 Å². The second kappa shape index (κ2) is 8.33. The topological polar surface area (TPSA) is 80.0 Å². The van der Waals surface area contributed by atoms with Crippen molar-refractivity contribution in [3.8, 4) is 0 Å². The summed E-state index contributed by atoms with van der Waals surface area (Å²) in [7, 11) is 0. The van der Waals surface area contributed by atoms with Crippen LogP contribution in [0, 0.1) is 12.8 Å². The van der Waals surface area contributed by atoms with Crippen LogP contribution in [0.15, 0.2) is 33.7 Å². The molecule has 0 radical (unpaired) electrons. The molecule has 3 rings (SSSR count). The standard InChI is InChI=1S/C15H18N4O2S.ClH/c1-10-18-14(21-19-10)9-22-13-5-3-2-4-12(13)15(20)17-8-11-6-16-7-11;/h2-5,11,16H,6-9H2,1H3,(H,17,20);1H. The molecule has 124 valence electrons. The molecule has 0 saturated carbocycles. The molecule has 2 N–H and O–H groups in total. The summed E-state index contributed by atoms with van der Waals surface area (Å²) < 4.78 is 5.10. The van der Waals surface area contributed by atoms with E-state index in [4.69, 9.17) is 4.52 Å². The summed E-state index contributed by atoms with van der Waals surface area (Å²) in [6.45, 7) is 4.46. The highest BCUT2D eigenvalue weighted by Crippen LogP contribution is 2.25. The third kappa shape index (κ3) is 4.70. The summed E-state index contributed by atoms with van der Waals surface area (Å²) in [5.74, 6) is 2.26. The summed E-state index contributed by atoms with van der Waals surface area (Å²) in [5.41, 5.74) is 0.691. The normalized spacial score (nSPS) is 14.0. The van der Waals surface area contributed by atoms with Gasteiger partial charge in [-0.1, -0.05) is 17.3 Å². The highest BCUT2D eigenvalue weighted by molar-refractivity contribution is 7.98. The van der Waals surface area contributed by atoms with E-state index in [0.717, 1.165) is 18.0 Å². The Kier molecular flexibility index (Phi) is 6.44. The molecule has 1 fully saturated rings. The summed E-state index contributed by atoms with van der Waals surface area (Å²) in [6.07, 6.45) is 0. The Hall–Kier alpha value is -1.57. The zero-order valence-electron chi connectivity index (χ0n) is 12.7. The van der Waals surface area contributed by atoms with Gasteiger partial charge >= 0.3 is 0 Å². The molecule has 1 amide bonds. The molecular weight excluding hydrogens is 336 g/mol. The minimum absolute atomic E-state index is 0. The molecule has 1 aliphatic rings. The largest absolute Gasteiger partial charge is 0.352 e. The molecule has 0 aliphatic carbocycles. The minimum Gasteiger partial charge on any atom is -0.352 e. The Morgan fingerprint density at radius 3 is 2.87 bits per heavy atom. The first-order valence-corrected chi connectivity index (χ1v) is 8.21. The van der Waals surface area contributed by atoms with Crippen LogP contribution in [0.2, 0.25) is 0 Å². The Morgan fingerprint density at radius 2 is 2.22 bits per heavy atom. The second-order valence-electron chi connectivity index (χ2n) is 5.25. The lowest BCUT2D eigenvalue weighted by atomic mass is 10.0. The van der Waals surface area contributed by atoms with Gasteiger partial charge in [-0.25, -0.2) is 0 Å². The van der Waals surface area contributed by atoms with Crippen LogP contribution in [0.25, 0.3) is 0 Å². The van der Waals surface area contributed by atoms with Gasteiger partial charge in [0, 0.05) is 30.4 Å². The van der Waals surface area contributed by atoms with Gasteiger partial charge in [-0.05, 0) is 19.1 Å². The molecule has 2 heterocycles. The van der Waals surface area contributed by atoms with Crippen molar-refractivity contribution in [1.29, 1.82) is 0 Å². The number of carbonyl (C=O) groups is 1. The maximum absolute atomic E-state index is 12.3. The number of benzene rings is 1. The Balaban J connectivity index is 0.00000192. The smallest absolute Gasteiger partial charge is 0.252 e. The van der Waals surface area contributed by atoms with E-state index in [9.17, 15) is 4.79 Å². The highest BCUT2D eigenvalue weighted by Gasteiger charge is 2.19. The molecule has 23 heavy (non-hydrogen) atoms. The molecule has 6 nitrogen and oxygen atoms in total. The Labute approximate surface area is 145 Å². The molecular formula is C15H19ClN4O2S. The van der Waals surface area contributed by atoms with Crippen LogP contribution in [0.3, 0.4) is 0 Å². The van der Waals surface area contributed by atoms with E-state index in [1.807, 2.05) is 24.3 Å². The lowest BCUT2D eigenvalue weighted by molar-refractivity contribution is 0.0939. The van der Waals surface area contributed by atoms with Crippen LogP contribution in [0.1, 0.15) is 22.1 Å². The minimum atomic E-state index is -0.0308. The van der Waals surface area contributed by atoms with E-state index in [0.29, 0.717) is 35.5 Å². The predicted molar refractivity (Wildman–Crippen MR) is 91.0 cm³/mol. The van der Waals surface area contributed by atoms with Gasteiger partial charge in [0.1, 0.15) is 0 Å². The lowest BCUT2D eigenvalue weighted by Gasteiger charge is -2.27. The fourth-order valence-corrected chi connectivity index (χ4v) is 3.03. The van der Waals surface area contributed by atoms with Crippen LogP contribution < -0.4 is 10.6 Å². The lowest BCUT2D eigenvalue weighted by Crippen LogP contribution is -2.48. The van der Waals surface area contributed by atoms with Gasteiger partial charge in [0.2, 0.25) is 5.89 Å². The predicted octanol–water partition coefficient (Wildman–Crippen LogP) is 2.04. The molecule has 8 heteroatoms. The number of aryl methyl sites for hydroxylation is 1. The number of carbonyl (C=O) groups excluding carboxylic acids is 1. The molecule has 1 aromatic carbocycles. The van der Waals surface area contributed by atoms with E-state index >= 15 is 0 Å². The van der Waals surface area contributed by atoms with Crippen LogP contribution in [0.5, 0.6) is 0 Å². The second-order valence-corrected chi connectivity index (χ2v) is 6.27. The first-order chi connectivity index (χ1) is 10.7. The molecule has 1 aliphatic heterocycles. The van der Waals surface area contributed by atoms with Gasteiger partial charge in [-0.2, -0.15) is 4.98 Å². The van der Waals surface area contributed by atoms with Gasteiger partial charge in [0.05, 0.1) is 11.3 Å². The summed E-state index contributed by atoms with van der Waals surface area (Å²) in [5, 5.41) is 9.96. The molecule has 0 atom stereocenters. The van der Waals surface area contributed by atoms with Crippen molar-refractivity contribution in [2.45, 2.75) is 17.6 Å². The van der Waals surface area contributed by atoms with Crippen molar-refractivity contribution in [2.24, 2.45) is 5.92 Å². The average molecular weight is 355 g/mol. The number of nitrogens with one attached hydrogen (secondary N) is 2. The first-order valence-electron chi connectivity index (χ1n) is 7.22. The third-order valence-electron chi connectivity index (χ3n) is 3.47. The van der Waals surface area contributed by atoms with Gasteiger partial charge in [-0.15, -0.1) is 24.2 Å². The summed E-state index contributed by atoms with van der Waals surface area (Å²) in [4.78, 5) is 17.4. The molecule has 0 bridgehead atoms. The first kappa shape index (κ1) is 17.8. The van der Waals surface area contributed by atoms with Crippen LogP contribution in [-0.4, -0.2) is 35.7 Å². The van der Waals surface area contributed by atoms with Crippen molar-refractivity contribution in [3.63, 3.8) is 0 Å². The number of hydrogen-bond donors (Lipinski definition) is 2. The number of rotatable bonds is 6. The molecule has 1 aromatic heterocycles. The van der Waals surface area contributed by atoms with Crippen LogP contribution in [0.4, 0.5) is 0 Å². The molecule has 0 unspecified atom stereocenters. The fourth-order valence-electron chi connectivity index (χ4n) is 2.14. The third-order valence-corrected chi connectivity index (χ3v) is 4.53. The number of aromatic nitrogens is 2. The van der Waals surface area contributed by atoms with Crippen molar-refractivity contribution in [3.05, 3.63) is 41.5 Å². The van der Waals surface area contributed by atoms with Gasteiger partial charge in [-0.3, -0.25) is 4.79 Å². The summed E-state index contributed by atoms with van der Waals surface area (Å²) >= 11 is 1.53. The number of amides is 1. The van der Waals surface area contributed by atoms with Gasteiger partial charge in [0.25, 0.3) is 5.91 Å². The van der Waals surface area contributed by atoms with Gasteiger partial charge < -0.3 is 15.2 Å².